The van der Waals surface area contributed by atoms with Crippen molar-refractivity contribution < 1.29 is 9.94 Å². The number of benzene rings is 1. The molecule has 0 atom stereocenters. The van der Waals surface area contributed by atoms with Gasteiger partial charge in [-0.15, -0.1) is 0 Å². The van der Waals surface area contributed by atoms with Gasteiger partial charge < -0.3 is 9.94 Å². The Morgan fingerprint density at radius 3 is 2.36 bits per heavy atom. The summed E-state index contributed by atoms with van der Waals surface area (Å²) in [6, 6.07) is 6.00. The van der Waals surface area contributed by atoms with Gasteiger partial charge in [0.05, 0.1) is 5.71 Å². The van der Waals surface area contributed by atoms with Crippen molar-refractivity contribution in [3.63, 3.8) is 0 Å². The fourth-order valence-electron chi connectivity index (χ4n) is 1.23. The van der Waals surface area contributed by atoms with E-state index >= 15 is 0 Å². The van der Waals surface area contributed by atoms with Gasteiger partial charge in [-0.1, -0.05) is 11.2 Å². The van der Waals surface area contributed by atoms with Crippen LogP contribution in [-0.2, 0) is 0 Å². The van der Waals surface area contributed by atoms with E-state index in [4.69, 9.17) is 9.94 Å². The number of ether oxygens (including phenoxy) is 1. The van der Waals surface area contributed by atoms with Gasteiger partial charge in [0.25, 0.3) is 0 Å². The standard InChI is InChI=1S/C11H15NO2/c1-8-4-9(2)6-11(5-8)14-7-10(3)12-13/h4-6,13H,7H2,1-3H3. The van der Waals surface area contributed by atoms with Crippen LogP contribution < -0.4 is 4.74 Å². The minimum Gasteiger partial charge on any atom is -0.488 e. The third-order valence-electron chi connectivity index (χ3n) is 1.81. The van der Waals surface area contributed by atoms with Crippen LogP contribution >= 0.6 is 0 Å². The van der Waals surface area contributed by atoms with Gasteiger partial charge in [0.15, 0.2) is 0 Å². The Bertz CT molecular complexity index is 325. The fourth-order valence-corrected chi connectivity index (χ4v) is 1.23. The van der Waals surface area contributed by atoms with Crippen LogP contribution in [0.2, 0.25) is 0 Å². The predicted molar refractivity (Wildman–Crippen MR) is 56.3 cm³/mol. The van der Waals surface area contributed by atoms with E-state index in [0.717, 1.165) is 5.75 Å². The summed E-state index contributed by atoms with van der Waals surface area (Å²) in [5.74, 6) is 0.811. The van der Waals surface area contributed by atoms with Crippen molar-refractivity contribution in [1.29, 1.82) is 0 Å². The molecule has 0 radical (unpaired) electrons. The molecule has 0 aliphatic carbocycles. The van der Waals surface area contributed by atoms with Crippen molar-refractivity contribution in [1.82, 2.24) is 0 Å². The van der Waals surface area contributed by atoms with Crippen molar-refractivity contribution >= 4 is 5.71 Å². The van der Waals surface area contributed by atoms with Gasteiger partial charge in [0.2, 0.25) is 0 Å². The molecule has 3 heteroatoms. The van der Waals surface area contributed by atoms with Gasteiger partial charge in [-0.05, 0) is 44.0 Å². The van der Waals surface area contributed by atoms with Crippen LogP contribution in [0.4, 0.5) is 0 Å². The van der Waals surface area contributed by atoms with Crippen LogP contribution in [0.25, 0.3) is 0 Å². The quantitative estimate of drug-likeness (QED) is 0.455. The molecule has 0 aliphatic rings. The van der Waals surface area contributed by atoms with E-state index in [0.29, 0.717) is 12.3 Å². The molecule has 0 amide bonds. The Hall–Kier alpha value is -1.51. The first kappa shape index (κ1) is 10.6. The van der Waals surface area contributed by atoms with E-state index in [1.54, 1.807) is 6.92 Å². The first-order valence-electron chi connectivity index (χ1n) is 4.50. The largest absolute Gasteiger partial charge is 0.488 e. The maximum atomic E-state index is 8.43. The SMILES string of the molecule is CC(COc1cc(C)cc(C)c1)=NO. The lowest BCUT2D eigenvalue weighted by atomic mass is 10.1. The molecule has 0 bridgehead atoms. The number of nitrogens with zero attached hydrogens (tertiary/aromatic N) is 1. The molecule has 14 heavy (non-hydrogen) atoms. The Kier molecular flexibility index (Phi) is 3.51. The molecule has 0 aliphatic heterocycles. The number of aryl methyl sites for hydroxylation is 2. The lowest BCUT2D eigenvalue weighted by Crippen LogP contribution is -2.07. The van der Waals surface area contributed by atoms with Crippen LogP contribution in [0.15, 0.2) is 23.4 Å². The second kappa shape index (κ2) is 4.65. The fraction of sp³-hybridized carbons (Fsp3) is 0.364. The molecule has 1 rings (SSSR count). The van der Waals surface area contributed by atoms with Crippen LogP contribution in [0.1, 0.15) is 18.1 Å². The van der Waals surface area contributed by atoms with Gasteiger partial charge in [-0.25, -0.2) is 0 Å². The summed E-state index contributed by atoms with van der Waals surface area (Å²) < 4.78 is 5.43. The number of oxime groups is 1. The summed E-state index contributed by atoms with van der Waals surface area (Å²) in [5, 5.41) is 11.5. The lowest BCUT2D eigenvalue weighted by Gasteiger charge is -2.06. The van der Waals surface area contributed by atoms with Crippen molar-refractivity contribution in [3.05, 3.63) is 29.3 Å². The highest BCUT2D eigenvalue weighted by Gasteiger charge is 1.98. The average molecular weight is 193 g/mol. The van der Waals surface area contributed by atoms with Crippen LogP contribution in [0, 0.1) is 13.8 Å². The highest BCUT2D eigenvalue weighted by molar-refractivity contribution is 5.82. The van der Waals surface area contributed by atoms with Crippen molar-refractivity contribution in [2.45, 2.75) is 20.8 Å². The maximum absolute atomic E-state index is 8.43. The molecule has 0 unspecified atom stereocenters. The minimum atomic E-state index is 0.319. The zero-order valence-corrected chi connectivity index (χ0v) is 8.74. The molecular formula is C11H15NO2. The van der Waals surface area contributed by atoms with Crippen LogP contribution in [-0.4, -0.2) is 17.5 Å². The van der Waals surface area contributed by atoms with Gasteiger partial charge >= 0.3 is 0 Å². The van der Waals surface area contributed by atoms with Gasteiger partial charge in [0.1, 0.15) is 12.4 Å². The zero-order valence-electron chi connectivity index (χ0n) is 8.74. The van der Waals surface area contributed by atoms with Gasteiger partial charge in [-0.2, -0.15) is 0 Å². The molecule has 0 aromatic heterocycles. The molecule has 0 saturated carbocycles. The van der Waals surface area contributed by atoms with E-state index in [9.17, 15) is 0 Å². The molecule has 0 spiro atoms. The molecule has 0 saturated heterocycles. The number of hydrogen-bond donors (Lipinski definition) is 1. The van der Waals surface area contributed by atoms with Crippen LogP contribution in [0.5, 0.6) is 5.75 Å². The lowest BCUT2D eigenvalue weighted by molar-refractivity contribution is 0.307. The summed E-state index contributed by atoms with van der Waals surface area (Å²) in [6.45, 7) is 6.07. The normalized spacial score (nSPS) is 11.5. The van der Waals surface area contributed by atoms with Crippen molar-refractivity contribution in [2.75, 3.05) is 6.61 Å². The Labute approximate surface area is 84.0 Å². The summed E-state index contributed by atoms with van der Waals surface area (Å²) in [5.41, 5.74) is 2.89. The van der Waals surface area contributed by atoms with E-state index in [1.165, 1.54) is 11.1 Å². The van der Waals surface area contributed by atoms with Gasteiger partial charge in [-0.3, -0.25) is 0 Å². The maximum Gasteiger partial charge on any atom is 0.129 e. The highest BCUT2D eigenvalue weighted by Crippen LogP contribution is 2.15. The smallest absolute Gasteiger partial charge is 0.129 e. The van der Waals surface area contributed by atoms with E-state index in [-0.39, 0.29) is 0 Å². The Morgan fingerprint density at radius 1 is 1.29 bits per heavy atom. The third-order valence-corrected chi connectivity index (χ3v) is 1.81. The van der Waals surface area contributed by atoms with Crippen molar-refractivity contribution in [2.24, 2.45) is 5.16 Å². The Morgan fingerprint density at radius 2 is 1.86 bits per heavy atom. The molecule has 1 aromatic rings. The predicted octanol–water partition coefficient (Wildman–Crippen LogP) is 2.53. The molecule has 1 aromatic carbocycles. The second-order valence-electron chi connectivity index (χ2n) is 3.45. The molecule has 3 nitrogen and oxygen atoms in total. The summed E-state index contributed by atoms with van der Waals surface area (Å²) in [6.07, 6.45) is 0. The summed E-state index contributed by atoms with van der Waals surface area (Å²) in [7, 11) is 0. The first-order chi connectivity index (χ1) is 6.61. The minimum absolute atomic E-state index is 0.319. The van der Waals surface area contributed by atoms with Gasteiger partial charge in [0, 0.05) is 0 Å². The summed E-state index contributed by atoms with van der Waals surface area (Å²) in [4.78, 5) is 0. The topological polar surface area (TPSA) is 41.8 Å². The molecule has 1 N–H and O–H groups in total. The molecule has 0 fully saturated rings. The zero-order chi connectivity index (χ0) is 10.6. The molecular weight excluding hydrogens is 178 g/mol. The second-order valence-corrected chi connectivity index (χ2v) is 3.45. The monoisotopic (exact) mass is 193 g/mol. The summed E-state index contributed by atoms with van der Waals surface area (Å²) >= 11 is 0. The number of rotatable bonds is 3. The van der Waals surface area contributed by atoms with Crippen LogP contribution in [0.3, 0.4) is 0 Å². The third kappa shape index (κ3) is 3.09. The Balaban J connectivity index is 2.67. The molecule has 0 heterocycles. The first-order valence-corrected chi connectivity index (χ1v) is 4.50. The van der Waals surface area contributed by atoms with E-state index < -0.39 is 0 Å². The van der Waals surface area contributed by atoms with Crippen molar-refractivity contribution in [3.8, 4) is 5.75 Å². The number of hydrogen-bond acceptors (Lipinski definition) is 3. The van der Waals surface area contributed by atoms with E-state index in [1.807, 2.05) is 26.0 Å². The average Bonchev–Trinajstić information content (AvgIpc) is 2.12. The highest BCUT2D eigenvalue weighted by atomic mass is 16.5. The molecule has 76 valence electrons. The van der Waals surface area contributed by atoms with E-state index in [2.05, 4.69) is 11.2 Å².